The minimum atomic E-state index is -0.00341. The summed E-state index contributed by atoms with van der Waals surface area (Å²) in [4.78, 5) is 11.7. The monoisotopic (exact) mass is 341 g/mol. The normalized spacial score (nSPS) is 10.2. The smallest absolute Gasteiger partial charge is 0.250 e. The molecule has 0 aliphatic rings. The molecule has 0 aliphatic carbocycles. The Bertz CT molecular complexity index is 578. The molecule has 4 heteroatoms. The highest BCUT2D eigenvalue weighted by Gasteiger charge is 2.04. The van der Waals surface area contributed by atoms with E-state index in [1.54, 1.807) is 17.7 Å². The van der Waals surface area contributed by atoms with Gasteiger partial charge in [0.1, 0.15) is 5.75 Å². The molecule has 0 saturated carbocycles. The van der Waals surface area contributed by atoms with E-state index in [4.69, 9.17) is 4.74 Å². The highest BCUT2D eigenvalue weighted by Crippen LogP contribution is 2.17. The molecule has 0 unspecified atom stereocenters. The van der Waals surface area contributed by atoms with Gasteiger partial charge in [0.15, 0.2) is 0 Å². The Hall–Kier alpha value is -1.30. The maximum Gasteiger partial charge on any atom is 0.250 e. The lowest BCUT2D eigenvalue weighted by Gasteiger charge is -2.10. The zero-order valence-corrected chi connectivity index (χ0v) is 11.5. The van der Waals surface area contributed by atoms with Crippen molar-refractivity contribution in [2.24, 2.45) is 0 Å². The molecule has 1 heterocycles. The number of rotatable bonds is 3. The third-order valence-corrected chi connectivity index (χ3v) is 3.12. The molecule has 0 radical (unpaired) electrons. The van der Waals surface area contributed by atoms with Crippen molar-refractivity contribution in [1.82, 2.24) is 4.57 Å². The van der Waals surface area contributed by atoms with Crippen LogP contribution in [0.1, 0.15) is 5.56 Å². The number of aromatic nitrogens is 1. The number of methoxy groups -OCH3 is 1. The summed E-state index contributed by atoms with van der Waals surface area (Å²) >= 11 is 2.19. The molecule has 88 valence electrons. The van der Waals surface area contributed by atoms with E-state index in [0.29, 0.717) is 6.54 Å². The Morgan fingerprint density at radius 2 is 2.00 bits per heavy atom. The van der Waals surface area contributed by atoms with Crippen LogP contribution in [0, 0.1) is 3.57 Å². The molecule has 0 saturated heterocycles. The van der Waals surface area contributed by atoms with E-state index in [-0.39, 0.29) is 5.56 Å². The first-order chi connectivity index (χ1) is 8.20. The van der Waals surface area contributed by atoms with Gasteiger partial charge in [-0.15, -0.1) is 0 Å². The summed E-state index contributed by atoms with van der Waals surface area (Å²) in [6, 6.07) is 11.1. The fraction of sp³-hybridized carbons (Fsp3) is 0.154. The first-order valence-corrected chi connectivity index (χ1v) is 6.26. The van der Waals surface area contributed by atoms with E-state index >= 15 is 0 Å². The lowest BCUT2D eigenvalue weighted by atomic mass is 10.2. The minimum Gasteiger partial charge on any atom is -0.496 e. The maximum atomic E-state index is 11.7. The molecule has 1 aromatic heterocycles. The molecular formula is C13H12INO2. The zero-order valence-electron chi connectivity index (χ0n) is 9.39. The Kier molecular flexibility index (Phi) is 3.83. The van der Waals surface area contributed by atoms with Crippen LogP contribution >= 0.6 is 22.6 Å². The van der Waals surface area contributed by atoms with Crippen molar-refractivity contribution < 1.29 is 4.74 Å². The van der Waals surface area contributed by atoms with Gasteiger partial charge in [0.05, 0.1) is 13.7 Å². The number of nitrogens with zero attached hydrogens (tertiary/aromatic N) is 1. The zero-order chi connectivity index (χ0) is 12.3. The van der Waals surface area contributed by atoms with Gasteiger partial charge in [-0.3, -0.25) is 4.79 Å². The van der Waals surface area contributed by atoms with Gasteiger partial charge in [0.2, 0.25) is 0 Å². The molecule has 0 bridgehead atoms. The molecule has 0 fully saturated rings. The molecular weight excluding hydrogens is 329 g/mol. The fourth-order valence-electron chi connectivity index (χ4n) is 1.64. The van der Waals surface area contributed by atoms with E-state index in [1.165, 1.54) is 0 Å². The SMILES string of the molecule is COc1ccccc1Cn1cc(I)ccc1=O. The first kappa shape index (κ1) is 12.2. The number of ether oxygens (including phenoxy) is 1. The quantitative estimate of drug-likeness (QED) is 0.804. The summed E-state index contributed by atoms with van der Waals surface area (Å²) in [7, 11) is 1.64. The van der Waals surface area contributed by atoms with Crippen LogP contribution in [0.15, 0.2) is 47.4 Å². The van der Waals surface area contributed by atoms with Gasteiger partial charge < -0.3 is 9.30 Å². The summed E-state index contributed by atoms with van der Waals surface area (Å²) in [5.74, 6) is 0.804. The van der Waals surface area contributed by atoms with Gasteiger partial charge in [-0.25, -0.2) is 0 Å². The maximum absolute atomic E-state index is 11.7. The van der Waals surface area contributed by atoms with Crippen molar-refractivity contribution in [2.75, 3.05) is 7.11 Å². The van der Waals surface area contributed by atoms with Crippen LogP contribution in [0.4, 0.5) is 0 Å². The number of hydrogen-bond acceptors (Lipinski definition) is 2. The Morgan fingerprint density at radius 3 is 2.76 bits per heavy atom. The van der Waals surface area contributed by atoms with E-state index in [9.17, 15) is 4.79 Å². The van der Waals surface area contributed by atoms with Crippen molar-refractivity contribution in [3.8, 4) is 5.75 Å². The standard InChI is InChI=1S/C13H12INO2/c1-17-12-5-3-2-4-10(12)8-15-9-11(14)6-7-13(15)16/h2-7,9H,8H2,1H3. The highest BCUT2D eigenvalue weighted by molar-refractivity contribution is 14.1. The Morgan fingerprint density at radius 1 is 1.24 bits per heavy atom. The summed E-state index contributed by atoms with van der Waals surface area (Å²) in [5, 5.41) is 0. The van der Waals surface area contributed by atoms with Crippen LogP contribution in [0.5, 0.6) is 5.75 Å². The number of halogens is 1. The van der Waals surface area contributed by atoms with Gasteiger partial charge in [0.25, 0.3) is 5.56 Å². The third kappa shape index (κ3) is 2.88. The Labute approximate surface area is 113 Å². The minimum absolute atomic E-state index is 0.00341. The van der Waals surface area contributed by atoms with Crippen molar-refractivity contribution in [3.05, 3.63) is 62.1 Å². The van der Waals surface area contributed by atoms with E-state index in [0.717, 1.165) is 14.9 Å². The molecule has 2 aromatic rings. The summed E-state index contributed by atoms with van der Waals surface area (Å²) in [5.41, 5.74) is 0.996. The van der Waals surface area contributed by atoms with Crippen LogP contribution in [-0.4, -0.2) is 11.7 Å². The second-order valence-corrected chi connectivity index (χ2v) is 4.87. The molecule has 2 rings (SSSR count). The van der Waals surface area contributed by atoms with Crippen molar-refractivity contribution >= 4 is 22.6 Å². The van der Waals surface area contributed by atoms with Crippen LogP contribution in [0.2, 0.25) is 0 Å². The Balaban J connectivity index is 2.37. The first-order valence-electron chi connectivity index (χ1n) is 5.18. The molecule has 0 amide bonds. The predicted octanol–water partition coefficient (Wildman–Crippen LogP) is 2.51. The number of benzene rings is 1. The second-order valence-electron chi connectivity index (χ2n) is 3.63. The van der Waals surface area contributed by atoms with E-state index in [2.05, 4.69) is 22.6 Å². The van der Waals surface area contributed by atoms with Gasteiger partial charge in [-0.2, -0.15) is 0 Å². The largest absolute Gasteiger partial charge is 0.496 e. The van der Waals surface area contributed by atoms with E-state index < -0.39 is 0 Å². The summed E-state index contributed by atoms with van der Waals surface area (Å²) in [6.07, 6.45) is 1.84. The topological polar surface area (TPSA) is 31.2 Å². The van der Waals surface area contributed by atoms with Crippen molar-refractivity contribution in [3.63, 3.8) is 0 Å². The molecule has 0 N–H and O–H groups in total. The van der Waals surface area contributed by atoms with Gasteiger partial charge in [-0.05, 0) is 34.7 Å². The third-order valence-electron chi connectivity index (χ3n) is 2.48. The molecule has 0 aliphatic heterocycles. The molecule has 3 nitrogen and oxygen atoms in total. The van der Waals surface area contributed by atoms with E-state index in [1.807, 2.05) is 36.5 Å². The van der Waals surface area contributed by atoms with Crippen molar-refractivity contribution in [1.29, 1.82) is 0 Å². The van der Waals surface area contributed by atoms with Gasteiger partial charge in [0, 0.05) is 21.4 Å². The van der Waals surface area contributed by atoms with Crippen LogP contribution in [0.25, 0.3) is 0 Å². The number of hydrogen-bond donors (Lipinski definition) is 0. The lowest BCUT2D eigenvalue weighted by molar-refractivity contribution is 0.408. The van der Waals surface area contributed by atoms with Gasteiger partial charge in [-0.1, -0.05) is 18.2 Å². The number of pyridine rings is 1. The number of para-hydroxylation sites is 1. The average Bonchev–Trinajstić information content (AvgIpc) is 2.34. The van der Waals surface area contributed by atoms with Gasteiger partial charge >= 0.3 is 0 Å². The fourth-order valence-corrected chi connectivity index (χ4v) is 2.16. The summed E-state index contributed by atoms with van der Waals surface area (Å²) in [6.45, 7) is 0.527. The molecule has 0 spiro atoms. The predicted molar refractivity (Wildman–Crippen MR) is 75.5 cm³/mol. The van der Waals surface area contributed by atoms with Crippen molar-refractivity contribution in [2.45, 2.75) is 6.54 Å². The average molecular weight is 341 g/mol. The van der Waals surface area contributed by atoms with Crippen LogP contribution < -0.4 is 10.3 Å². The molecule has 0 atom stereocenters. The molecule has 17 heavy (non-hydrogen) atoms. The van der Waals surface area contributed by atoms with Crippen LogP contribution in [0.3, 0.4) is 0 Å². The second kappa shape index (κ2) is 5.35. The lowest BCUT2D eigenvalue weighted by Crippen LogP contribution is -2.19. The molecule has 1 aromatic carbocycles. The highest BCUT2D eigenvalue weighted by atomic mass is 127. The van der Waals surface area contributed by atoms with Crippen LogP contribution in [-0.2, 0) is 6.54 Å². The summed E-state index contributed by atoms with van der Waals surface area (Å²) < 4.78 is 7.99.